The summed E-state index contributed by atoms with van der Waals surface area (Å²) in [6.45, 7) is 1.84. The molecule has 1 atom stereocenters. The summed E-state index contributed by atoms with van der Waals surface area (Å²) in [7, 11) is 0. The summed E-state index contributed by atoms with van der Waals surface area (Å²) in [5.74, 6) is 0. The van der Waals surface area contributed by atoms with E-state index in [4.69, 9.17) is 29.5 Å². The third-order valence-corrected chi connectivity index (χ3v) is 1.50. The highest BCUT2D eigenvalue weighted by Crippen LogP contribution is 1.85. The maximum absolute atomic E-state index is 8.90. The van der Waals surface area contributed by atoms with Crippen LogP contribution in [-0.4, -0.2) is 74.3 Å². The quantitative estimate of drug-likeness (QED) is 0.366. The van der Waals surface area contributed by atoms with Crippen LogP contribution in [0.3, 0.4) is 0 Å². The second-order valence-corrected chi connectivity index (χ2v) is 2.86. The summed E-state index contributed by atoms with van der Waals surface area (Å²) in [6, 6.07) is 0. The lowest BCUT2D eigenvalue weighted by atomic mass is 10.4. The molecular formula is C9H20O6. The van der Waals surface area contributed by atoms with Crippen molar-refractivity contribution >= 4 is 0 Å². The maximum atomic E-state index is 8.90. The fraction of sp³-hybridized carbons (Fsp3) is 1.00. The molecule has 0 spiro atoms. The maximum Gasteiger partial charge on any atom is 0.100 e. The first-order chi connectivity index (χ1) is 7.31. The zero-order valence-electron chi connectivity index (χ0n) is 8.80. The highest BCUT2D eigenvalue weighted by Gasteiger charge is 2.00. The van der Waals surface area contributed by atoms with Gasteiger partial charge in [-0.3, -0.25) is 0 Å². The number of aliphatic hydroxyl groups excluding tert-OH is 3. The Balaban J connectivity index is 2.92. The standard InChI is InChI=1S/C9H20O6/c10-1-2-13-3-4-14-5-6-15-8-9(12)7-11/h9-12H,1-8H2/t9-/m0/s1. The van der Waals surface area contributed by atoms with Crippen molar-refractivity contribution in [2.45, 2.75) is 6.10 Å². The summed E-state index contributed by atoms with van der Waals surface area (Å²) in [5, 5.41) is 25.7. The summed E-state index contributed by atoms with van der Waals surface area (Å²) >= 11 is 0. The monoisotopic (exact) mass is 224 g/mol. The number of hydrogen-bond donors (Lipinski definition) is 3. The molecule has 0 radical (unpaired) electrons. The van der Waals surface area contributed by atoms with Gasteiger partial charge in [0.25, 0.3) is 0 Å². The number of rotatable bonds is 11. The molecule has 3 N–H and O–H groups in total. The fourth-order valence-electron chi connectivity index (χ4n) is 0.776. The Morgan fingerprint density at radius 2 is 1.33 bits per heavy atom. The van der Waals surface area contributed by atoms with Crippen molar-refractivity contribution < 1.29 is 29.5 Å². The summed E-state index contributed by atoms with van der Waals surface area (Å²) in [5.41, 5.74) is 0. The molecule has 15 heavy (non-hydrogen) atoms. The van der Waals surface area contributed by atoms with Gasteiger partial charge < -0.3 is 29.5 Å². The lowest BCUT2D eigenvalue weighted by Crippen LogP contribution is -2.21. The molecule has 0 aliphatic carbocycles. The van der Waals surface area contributed by atoms with Gasteiger partial charge in [-0.15, -0.1) is 0 Å². The average Bonchev–Trinajstić information content (AvgIpc) is 2.26. The van der Waals surface area contributed by atoms with E-state index in [0.29, 0.717) is 33.0 Å². The molecule has 6 nitrogen and oxygen atoms in total. The highest BCUT2D eigenvalue weighted by molar-refractivity contribution is 4.48. The van der Waals surface area contributed by atoms with Gasteiger partial charge in [-0.05, 0) is 0 Å². The second-order valence-electron chi connectivity index (χ2n) is 2.86. The van der Waals surface area contributed by atoms with Crippen LogP contribution < -0.4 is 0 Å². The van der Waals surface area contributed by atoms with Crippen LogP contribution in [0.25, 0.3) is 0 Å². The van der Waals surface area contributed by atoms with Gasteiger partial charge >= 0.3 is 0 Å². The Morgan fingerprint density at radius 1 is 0.800 bits per heavy atom. The smallest absolute Gasteiger partial charge is 0.100 e. The van der Waals surface area contributed by atoms with Crippen LogP contribution in [0.2, 0.25) is 0 Å². The van der Waals surface area contributed by atoms with E-state index in [2.05, 4.69) is 0 Å². The van der Waals surface area contributed by atoms with Gasteiger partial charge in [-0.25, -0.2) is 0 Å². The van der Waals surface area contributed by atoms with Crippen LogP contribution in [0.4, 0.5) is 0 Å². The first-order valence-electron chi connectivity index (χ1n) is 4.94. The molecule has 0 aromatic rings. The number of hydrogen-bond acceptors (Lipinski definition) is 6. The number of ether oxygens (including phenoxy) is 3. The fourth-order valence-corrected chi connectivity index (χ4v) is 0.776. The molecule has 6 heteroatoms. The van der Waals surface area contributed by atoms with Crippen LogP contribution in [0.1, 0.15) is 0 Å². The van der Waals surface area contributed by atoms with Crippen LogP contribution in [0.15, 0.2) is 0 Å². The molecule has 0 fully saturated rings. The average molecular weight is 224 g/mol. The molecule has 0 bridgehead atoms. The third kappa shape index (κ3) is 11.7. The summed E-state index contributed by atoms with van der Waals surface area (Å²) in [6.07, 6.45) is -0.821. The van der Waals surface area contributed by atoms with E-state index < -0.39 is 6.10 Å². The minimum atomic E-state index is -0.821. The zero-order chi connectivity index (χ0) is 11.4. The lowest BCUT2D eigenvalue weighted by molar-refractivity contribution is -0.0244. The Labute approximate surface area is 89.4 Å². The van der Waals surface area contributed by atoms with E-state index in [1.807, 2.05) is 0 Å². The van der Waals surface area contributed by atoms with Crippen molar-refractivity contribution in [3.63, 3.8) is 0 Å². The van der Waals surface area contributed by atoms with Gasteiger partial charge in [0, 0.05) is 0 Å². The zero-order valence-corrected chi connectivity index (χ0v) is 8.80. The van der Waals surface area contributed by atoms with Gasteiger partial charge in [0.2, 0.25) is 0 Å². The van der Waals surface area contributed by atoms with E-state index >= 15 is 0 Å². The van der Waals surface area contributed by atoms with E-state index in [-0.39, 0.29) is 19.8 Å². The minimum Gasteiger partial charge on any atom is -0.394 e. The van der Waals surface area contributed by atoms with Gasteiger partial charge in [0.15, 0.2) is 0 Å². The molecule has 0 unspecified atom stereocenters. The van der Waals surface area contributed by atoms with E-state index in [0.717, 1.165) is 0 Å². The van der Waals surface area contributed by atoms with Crippen molar-refractivity contribution in [2.75, 3.05) is 52.9 Å². The predicted molar refractivity (Wildman–Crippen MR) is 52.6 cm³/mol. The Hall–Kier alpha value is -0.240. The van der Waals surface area contributed by atoms with Gasteiger partial charge in [0.05, 0.1) is 52.9 Å². The molecule has 0 aliphatic rings. The second kappa shape index (κ2) is 11.8. The van der Waals surface area contributed by atoms with Crippen molar-refractivity contribution in [3.8, 4) is 0 Å². The molecular weight excluding hydrogens is 204 g/mol. The normalized spacial score (nSPS) is 13.0. The molecule has 0 aromatic heterocycles. The predicted octanol–water partition coefficient (Wildman–Crippen LogP) is -1.62. The summed E-state index contributed by atoms with van der Waals surface area (Å²) < 4.78 is 15.1. The van der Waals surface area contributed by atoms with Crippen LogP contribution in [-0.2, 0) is 14.2 Å². The Morgan fingerprint density at radius 3 is 1.87 bits per heavy atom. The van der Waals surface area contributed by atoms with Crippen molar-refractivity contribution in [3.05, 3.63) is 0 Å². The molecule has 0 heterocycles. The lowest BCUT2D eigenvalue weighted by Gasteiger charge is -2.08. The molecule has 0 saturated heterocycles. The van der Waals surface area contributed by atoms with E-state index in [9.17, 15) is 0 Å². The van der Waals surface area contributed by atoms with Crippen LogP contribution >= 0.6 is 0 Å². The van der Waals surface area contributed by atoms with Crippen molar-refractivity contribution in [1.82, 2.24) is 0 Å². The highest BCUT2D eigenvalue weighted by atomic mass is 16.5. The first-order valence-corrected chi connectivity index (χ1v) is 4.94. The Kier molecular flexibility index (Phi) is 11.6. The Bertz CT molecular complexity index is 121. The van der Waals surface area contributed by atoms with E-state index in [1.54, 1.807) is 0 Å². The molecule has 0 saturated carbocycles. The minimum absolute atomic E-state index is 0.0160. The van der Waals surface area contributed by atoms with Gasteiger partial charge in [-0.2, -0.15) is 0 Å². The SMILES string of the molecule is OCCOCCOCCOC[C@@H](O)CO. The largest absolute Gasteiger partial charge is 0.394 e. The van der Waals surface area contributed by atoms with Crippen LogP contribution in [0, 0.1) is 0 Å². The molecule has 92 valence electrons. The van der Waals surface area contributed by atoms with Gasteiger partial charge in [-0.1, -0.05) is 0 Å². The topological polar surface area (TPSA) is 88.4 Å². The first kappa shape index (κ1) is 14.8. The molecule has 0 amide bonds. The van der Waals surface area contributed by atoms with E-state index in [1.165, 1.54) is 0 Å². The van der Waals surface area contributed by atoms with Crippen molar-refractivity contribution in [1.29, 1.82) is 0 Å². The third-order valence-electron chi connectivity index (χ3n) is 1.50. The summed E-state index contributed by atoms with van der Waals surface area (Å²) in [4.78, 5) is 0. The molecule has 0 aromatic carbocycles. The van der Waals surface area contributed by atoms with Crippen LogP contribution in [0.5, 0.6) is 0 Å². The molecule has 0 rings (SSSR count). The van der Waals surface area contributed by atoms with Gasteiger partial charge in [0.1, 0.15) is 6.10 Å². The van der Waals surface area contributed by atoms with Crippen molar-refractivity contribution in [2.24, 2.45) is 0 Å². The molecule has 0 aliphatic heterocycles. The number of aliphatic hydroxyl groups is 3.